The number of aryl methyl sites for hydroxylation is 2. The SMILES string of the molecule is Cc1nc2c3c(nn2c(C)c1Cl)C(C)(C)N(C(=O)c1ccccc1OC1CCN(C(=O)OC(C)(C)C)CC1)C3. The third kappa shape index (κ3) is 4.93. The molecular weight excluding hydrogens is 518 g/mol. The fourth-order valence-electron chi connectivity index (χ4n) is 5.35. The minimum atomic E-state index is -0.654. The number of amides is 2. The molecule has 0 aliphatic carbocycles. The molecule has 1 aromatic carbocycles. The van der Waals surface area contributed by atoms with Crippen LogP contribution >= 0.6 is 11.6 Å². The highest BCUT2D eigenvalue weighted by molar-refractivity contribution is 6.31. The highest BCUT2D eigenvalue weighted by Crippen LogP contribution is 2.42. The van der Waals surface area contributed by atoms with E-state index >= 15 is 0 Å². The van der Waals surface area contributed by atoms with Crippen molar-refractivity contribution in [3.8, 4) is 5.75 Å². The monoisotopic (exact) mass is 553 g/mol. The molecule has 0 N–H and O–H groups in total. The van der Waals surface area contributed by atoms with Gasteiger partial charge < -0.3 is 19.3 Å². The second-order valence-corrected chi connectivity index (χ2v) is 12.3. The molecule has 0 atom stereocenters. The molecule has 0 radical (unpaired) electrons. The lowest BCUT2D eigenvalue weighted by atomic mass is 10.00. The van der Waals surface area contributed by atoms with E-state index in [1.54, 1.807) is 15.5 Å². The molecule has 9 nitrogen and oxygen atoms in total. The fourth-order valence-corrected chi connectivity index (χ4v) is 5.48. The van der Waals surface area contributed by atoms with Gasteiger partial charge in [0, 0.05) is 31.5 Å². The van der Waals surface area contributed by atoms with Gasteiger partial charge in [0.15, 0.2) is 5.65 Å². The second kappa shape index (κ2) is 9.70. The van der Waals surface area contributed by atoms with Crippen molar-refractivity contribution in [3.63, 3.8) is 0 Å². The Morgan fingerprint density at radius 1 is 1.10 bits per heavy atom. The van der Waals surface area contributed by atoms with Gasteiger partial charge in [0.05, 0.1) is 39.8 Å². The summed E-state index contributed by atoms with van der Waals surface area (Å²) < 4.78 is 13.6. The number of hydrogen-bond donors (Lipinski definition) is 0. The molecule has 0 bridgehead atoms. The van der Waals surface area contributed by atoms with Gasteiger partial charge in [0.1, 0.15) is 17.5 Å². The van der Waals surface area contributed by atoms with Crippen LogP contribution in [-0.2, 0) is 16.8 Å². The van der Waals surface area contributed by atoms with E-state index in [4.69, 9.17) is 31.2 Å². The van der Waals surface area contributed by atoms with Gasteiger partial charge in [0.2, 0.25) is 0 Å². The summed E-state index contributed by atoms with van der Waals surface area (Å²) in [5.74, 6) is 0.421. The van der Waals surface area contributed by atoms with Crippen molar-refractivity contribution in [2.75, 3.05) is 13.1 Å². The van der Waals surface area contributed by atoms with Crippen LogP contribution in [0.3, 0.4) is 0 Å². The lowest BCUT2D eigenvalue weighted by molar-refractivity contribution is 0.0126. The summed E-state index contributed by atoms with van der Waals surface area (Å²) in [5, 5.41) is 5.43. The normalized spacial score (nSPS) is 17.4. The number of para-hydroxylation sites is 1. The van der Waals surface area contributed by atoms with Crippen molar-refractivity contribution in [1.29, 1.82) is 0 Å². The molecule has 10 heteroatoms. The number of fused-ring (bicyclic) bond motifs is 3. The van der Waals surface area contributed by atoms with E-state index in [1.807, 2.05) is 71.6 Å². The number of nitrogens with zero attached hydrogens (tertiary/aromatic N) is 5. The Morgan fingerprint density at radius 3 is 2.44 bits per heavy atom. The zero-order valence-electron chi connectivity index (χ0n) is 23.7. The number of piperidine rings is 1. The average molecular weight is 554 g/mol. The van der Waals surface area contributed by atoms with Crippen LogP contribution in [0.4, 0.5) is 4.79 Å². The Balaban J connectivity index is 1.34. The number of rotatable bonds is 3. The van der Waals surface area contributed by atoms with E-state index in [9.17, 15) is 9.59 Å². The van der Waals surface area contributed by atoms with Crippen molar-refractivity contribution in [2.24, 2.45) is 0 Å². The van der Waals surface area contributed by atoms with E-state index in [1.165, 1.54) is 0 Å². The zero-order chi connectivity index (χ0) is 28.3. The average Bonchev–Trinajstić information content (AvgIpc) is 3.36. The number of likely N-dealkylation sites (tertiary alicyclic amines) is 1. The number of benzene rings is 1. The molecule has 208 valence electrons. The molecule has 2 aliphatic rings. The Bertz CT molecular complexity index is 1450. The third-order valence-electron chi connectivity index (χ3n) is 7.50. The van der Waals surface area contributed by atoms with Gasteiger partial charge >= 0.3 is 6.09 Å². The van der Waals surface area contributed by atoms with Gasteiger partial charge in [-0.25, -0.2) is 14.3 Å². The molecule has 2 aliphatic heterocycles. The van der Waals surface area contributed by atoms with Crippen molar-refractivity contribution in [2.45, 2.75) is 85.1 Å². The third-order valence-corrected chi connectivity index (χ3v) is 8.05. The van der Waals surface area contributed by atoms with Crippen LogP contribution in [0.25, 0.3) is 5.65 Å². The first-order valence-corrected chi connectivity index (χ1v) is 13.8. The maximum absolute atomic E-state index is 14.0. The predicted octanol–water partition coefficient (Wildman–Crippen LogP) is 5.67. The summed E-state index contributed by atoms with van der Waals surface area (Å²) in [7, 11) is 0. The van der Waals surface area contributed by atoms with E-state index in [2.05, 4.69) is 0 Å². The molecule has 1 fully saturated rings. The standard InChI is InChI=1S/C29H36ClN5O4/c1-17-23(30)18(2)35-25(31-17)21-16-34(29(6,7)24(21)32-35)26(36)20-10-8-9-11-22(20)38-19-12-14-33(15-13-19)27(37)39-28(3,4)5/h8-11,19H,12-16H2,1-7H3. The first-order valence-electron chi connectivity index (χ1n) is 13.4. The Labute approximate surface area is 234 Å². The van der Waals surface area contributed by atoms with Crippen molar-refractivity contribution in [3.05, 3.63) is 57.5 Å². The maximum atomic E-state index is 14.0. The summed E-state index contributed by atoms with van der Waals surface area (Å²) in [6.45, 7) is 14.9. The molecule has 0 unspecified atom stereocenters. The summed E-state index contributed by atoms with van der Waals surface area (Å²) >= 11 is 6.43. The molecular formula is C29H36ClN5O4. The highest BCUT2D eigenvalue weighted by atomic mass is 35.5. The van der Waals surface area contributed by atoms with Gasteiger partial charge in [-0.05, 0) is 60.6 Å². The smallest absolute Gasteiger partial charge is 0.410 e. The minimum Gasteiger partial charge on any atom is -0.489 e. The summed E-state index contributed by atoms with van der Waals surface area (Å²) in [4.78, 5) is 34.7. The van der Waals surface area contributed by atoms with E-state index in [0.717, 1.165) is 28.3 Å². The predicted molar refractivity (Wildman–Crippen MR) is 148 cm³/mol. The van der Waals surface area contributed by atoms with Crippen molar-refractivity contribution >= 4 is 29.2 Å². The van der Waals surface area contributed by atoms with Crippen LogP contribution in [0, 0.1) is 13.8 Å². The summed E-state index contributed by atoms with van der Waals surface area (Å²) in [5.41, 5.74) is 3.38. The number of carbonyl (C=O) groups is 2. The summed E-state index contributed by atoms with van der Waals surface area (Å²) in [6.07, 6.45) is 0.908. The van der Waals surface area contributed by atoms with Crippen molar-refractivity contribution in [1.82, 2.24) is 24.4 Å². The lowest BCUT2D eigenvalue weighted by Gasteiger charge is -2.34. The fraction of sp³-hybridized carbons (Fsp3) is 0.517. The van der Waals surface area contributed by atoms with Gasteiger partial charge in [-0.3, -0.25) is 4.79 Å². The van der Waals surface area contributed by atoms with Crippen molar-refractivity contribution < 1.29 is 19.1 Å². The largest absolute Gasteiger partial charge is 0.489 e. The summed E-state index contributed by atoms with van der Waals surface area (Å²) in [6, 6.07) is 7.36. The highest BCUT2D eigenvalue weighted by Gasteiger charge is 2.45. The molecule has 2 aromatic heterocycles. The number of hydrogen-bond acceptors (Lipinski definition) is 6. The molecule has 39 heavy (non-hydrogen) atoms. The topological polar surface area (TPSA) is 89.3 Å². The van der Waals surface area contributed by atoms with E-state index < -0.39 is 11.1 Å². The number of halogens is 1. The zero-order valence-corrected chi connectivity index (χ0v) is 24.4. The van der Waals surface area contributed by atoms with Crippen LogP contribution in [-0.4, -0.2) is 61.2 Å². The minimum absolute atomic E-state index is 0.106. The lowest BCUT2D eigenvalue weighted by Crippen LogP contribution is -2.44. The molecule has 0 saturated carbocycles. The van der Waals surface area contributed by atoms with Gasteiger partial charge in [-0.15, -0.1) is 0 Å². The first-order chi connectivity index (χ1) is 18.3. The molecule has 5 rings (SSSR count). The van der Waals surface area contributed by atoms with Crippen LogP contribution < -0.4 is 4.74 Å². The van der Waals surface area contributed by atoms with E-state index in [-0.39, 0.29) is 18.1 Å². The molecule has 3 aromatic rings. The quantitative estimate of drug-likeness (QED) is 0.415. The Morgan fingerprint density at radius 2 is 1.77 bits per heavy atom. The molecule has 0 spiro atoms. The van der Waals surface area contributed by atoms with Crippen LogP contribution in [0.5, 0.6) is 5.75 Å². The van der Waals surface area contributed by atoms with E-state index in [0.29, 0.717) is 48.8 Å². The number of ether oxygens (including phenoxy) is 2. The number of aromatic nitrogens is 3. The Hall–Kier alpha value is -3.33. The maximum Gasteiger partial charge on any atom is 0.410 e. The van der Waals surface area contributed by atoms with Crippen LogP contribution in [0.1, 0.15) is 80.5 Å². The number of carbonyl (C=O) groups excluding carboxylic acids is 2. The van der Waals surface area contributed by atoms with Gasteiger partial charge in [-0.2, -0.15) is 5.10 Å². The molecule has 1 saturated heterocycles. The molecule has 2 amide bonds. The van der Waals surface area contributed by atoms with Gasteiger partial charge in [-0.1, -0.05) is 23.7 Å². The van der Waals surface area contributed by atoms with Gasteiger partial charge in [0.25, 0.3) is 5.91 Å². The first kappa shape index (κ1) is 27.2. The van der Waals surface area contributed by atoms with Crippen LogP contribution in [0.15, 0.2) is 24.3 Å². The molecule has 4 heterocycles. The Kier molecular flexibility index (Phi) is 6.77. The second-order valence-electron chi connectivity index (χ2n) is 11.9. The van der Waals surface area contributed by atoms with Crippen LogP contribution in [0.2, 0.25) is 5.02 Å².